The number of halogens is 1. The van der Waals surface area contributed by atoms with Gasteiger partial charge in [-0.05, 0) is 35.9 Å². The minimum Gasteiger partial charge on any atom is -0.486 e. The molecular weight excluding hydrogens is 458 g/mol. The molecule has 0 saturated carbocycles. The fourth-order valence-corrected chi connectivity index (χ4v) is 3.83. The Labute approximate surface area is 189 Å². The van der Waals surface area contributed by atoms with Crippen LogP contribution in [-0.4, -0.2) is 28.1 Å². The zero-order chi connectivity index (χ0) is 20.5. The van der Waals surface area contributed by atoms with Crippen LogP contribution in [0.3, 0.4) is 0 Å². The lowest BCUT2D eigenvalue weighted by Crippen LogP contribution is -2.27. The van der Waals surface area contributed by atoms with Crippen molar-refractivity contribution in [2.75, 3.05) is 13.2 Å². The van der Waals surface area contributed by atoms with Gasteiger partial charge in [0.05, 0.1) is 24.1 Å². The number of imidazole rings is 1. The van der Waals surface area contributed by atoms with Crippen LogP contribution in [0.25, 0.3) is 11.0 Å². The molecule has 6 nitrogen and oxygen atoms in total. The molecule has 7 heteroatoms. The van der Waals surface area contributed by atoms with E-state index < -0.39 is 0 Å². The summed E-state index contributed by atoms with van der Waals surface area (Å²) in [6.07, 6.45) is 0. The van der Waals surface area contributed by atoms with E-state index in [2.05, 4.69) is 0 Å². The standard InChI is InChI=1S/C24H21N3O3.BrH/c25-24-26(15-17-6-2-1-3-7-17)19-8-4-5-9-20(19)27(24)16-21(28)18-10-11-22-23(14-18)30-13-12-29-22;/h1-11,14,25H,12-13,15-16H2;1H. The number of carbonyl (C=O) groups excluding carboxylic acids is 1. The predicted molar refractivity (Wildman–Crippen MR) is 123 cm³/mol. The topological polar surface area (TPSA) is 69.2 Å². The lowest BCUT2D eigenvalue weighted by molar-refractivity contribution is 0.0970. The van der Waals surface area contributed by atoms with Gasteiger partial charge in [0.25, 0.3) is 0 Å². The molecule has 0 spiro atoms. The van der Waals surface area contributed by atoms with Crippen LogP contribution in [0.4, 0.5) is 0 Å². The van der Waals surface area contributed by atoms with Gasteiger partial charge in [0.15, 0.2) is 17.3 Å². The summed E-state index contributed by atoms with van der Waals surface area (Å²) in [5.41, 5.74) is 3.75. The van der Waals surface area contributed by atoms with Crippen molar-refractivity contribution in [2.45, 2.75) is 13.1 Å². The van der Waals surface area contributed by atoms with Gasteiger partial charge in [-0.1, -0.05) is 42.5 Å². The van der Waals surface area contributed by atoms with E-state index in [0.717, 1.165) is 16.6 Å². The Hall–Kier alpha value is -3.32. The van der Waals surface area contributed by atoms with Gasteiger partial charge in [-0.25, -0.2) is 0 Å². The van der Waals surface area contributed by atoms with Crippen molar-refractivity contribution < 1.29 is 14.3 Å². The van der Waals surface area contributed by atoms with Crippen LogP contribution < -0.4 is 15.1 Å². The summed E-state index contributed by atoms with van der Waals surface area (Å²) in [6.45, 7) is 1.65. The zero-order valence-electron chi connectivity index (χ0n) is 16.8. The molecule has 0 unspecified atom stereocenters. The first kappa shape index (κ1) is 20.9. The number of hydrogen-bond donors (Lipinski definition) is 1. The van der Waals surface area contributed by atoms with Crippen molar-refractivity contribution in [2.24, 2.45) is 0 Å². The third kappa shape index (κ3) is 4.01. The summed E-state index contributed by atoms with van der Waals surface area (Å²) in [6, 6.07) is 23.1. The van der Waals surface area contributed by atoms with Crippen molar-refractivity contribution in [3.05, 3.63) is 89.5 Å². The number of aromatic nitrogens is 2. The first-order valence-electron chi connectivity index (χ1n) is 9.90. The van der Waals surface area contributed by atoms with Crippen LogP contribution in [0.1, 0.15) is 15.9 Å². The van der Waals surface area contributed by atoms with Crippen molar-refractivity contribution in [3.63, 3.8) is 0 Å². The Kier molecular flexibility index (Phi) is 5.95. The number of carbonyl (C=O) groups is 1. The highest BCUT2D eigenvalue weighted by molar-refractivity contribution is 8.93. The maximum atomic E-state index is 13.1. The van der Waals surface area contributed by atoms with E-state index in [4.69, 9.17) is 14.9 Å². The van der Waals surface area contributed by atoms with Crippen molar-refractivity contribution >= 4 is 33.8 Å². The maximum Gasteiger partial charge on any atom is 0.203 e. The number of rotatable bonds is 5. The molecule has 0 amide bonds. The van der Waals surface area contributed by atoms with Gasteiger partial charge >= 0.3 is 0 Å². The Balaban J connectivity index is 0.00000231. The number of ether oxygens (including phenoxy) is 2. The summed E-state index contributed by atoms with van der Waals surface area (Å²) in [5, 5.41) is 8.76. The maximum absolute atomic E-state index is 13.1. The van der Waals surface area contributed by atoms with Crippen LogP contribution in [0.2, 0.25) is 0 Å². The molecule has 0 radical (unpaired) electrons. The number of para-hydroxylation sites is 2. The van der Waals surface area contributed by atoms with E-state index in [1.54, 1.807) is 22.8 Å². The Bertz CT molecular complexity index is 1290. The SMILES string of the molecule is Br.N=c1n(CC(=O)c2ccc3c(c2)OCCO3)c2ccccc2n1Cc1ccccc1. The zero-order valence-corrected chi connectivity index (χ0v) is 18.5. The average Bonchev–Trinajstić information content (AvgIpc) is 3.05. The number of nitrogens with zero attached hydrogens (tertiary/aromatic N) is 2. The number of Topliss-reactive ketones (excluding diaryl/α,β-unsaturated/α-hetero) is 1. The summed E-state index contributed by atoms with van der Waals surface area (Å²) >= 11 is 0. The molecule has 0 fully saturated rings. The minimum atomic E-state index is -0.0758. The highest BCUT2D eigenvalue weighted by Gasteiger charge is 2.18. The molecule has 4 aromatic rings. The van der Waals surface area contributed by atoms with E-state index in [1.807, 2.05) is 59.2 Å². The second kappa shape index (κ2) is 8.81. The molecule has 1 aliphatic rings. The minimum absolute atomic E-state index is 0. The number of hydrogen-bond acceptors (Lipinski definition) is 4. The first-order chi connectivity index (χ1) is 14.7. The van der Waals surface area contributed by atoms with Crippen molar-refractivity contribution in [1.82, 2.24) is 9.13 Å². The largest absolute Gasteiger partial charge is 0.486 e. The summed E-state index contributed by atoms with van der Waals surface area (Å²) < 4.78 is 14.8. The molecule has 1 aliphatic heterocycles. The predicted octanol–water partition coefficient (Wildman–Crippen LogP) is 4.20. The molecule has 2 heterocycles. The average molecular weight is 480 g/mol. The summed E-state index contributed by atoms with van der Waals surface area (Å²) in [4.78, 5) is 13.1. The number of fused-ring (bicyclic) bond motifs is 2. The highest BCUT2D eigenvalue weighted by atomic mass is 79.9. The normalized spacial score (nSPS) is 12.4. The number of ketones is 1. The van der Waals surface area contributed by atoms with E-state index in [9.17, 15) is 4.79 Å². The smallest absolute Gasteiger partial charge is 0.203 e. The van der Waals surface area contributed by atoms with Gasteiger partial charge in [-0.15, -0.1) is 17.0 Å². The summed E-state index contributed by atoms with van der Waals surface area (Å²) in [7, 11) is 0. The molecule has 0 saturated heterocycles. The van der Waals surface area contributed by atoms with Gasteiger partial charge in [0, 0.05) is 5.56 Å². The van der Waals surface area contributed by atoms with Crippen LogP contribution in [0.5, 0.6) is 11.5 Å². The molecular formula is C24H22BrN3O3. The third-order valence-electron chi connectivity index (χ3n) is 5.32. The molecule has 0 aliphatic carbocycles. The van der Waals surface area contributed by atoms with E-state index in [0.29, 0.717) is 42.4 Å². The van der Waals surface area contributed by atoms with E-state index in [1.165, 1.54) is 0 Å². The van der Waals surface area contributed by atoms with Crippen LogP contribution in [0, 0.1) is 5.41 Å². The van der Waals surface area contributed by atoms with E-state index in [-0.39, 0.29) is 29.3 Å². The molecule has 5 rings (SSSR count). The Morgan fingerprint density at radius 1 is 0.839 bits per heavy atom. The fraction of sp³-hybridized carbons (Fsp3) is 0.167. The second-order valence-corrected chi connectivity index (χ2v) is 7.25. The van der Waals surface area contributed by atoms with Gasteiger partial charge in [0.1, 0.15) is 13.2 Å². The van der Waals surface area contributed by atoms with Crippen LogP contribution in [0.15, 0.2) is 72.8 Å². The highest BCUT2D eigenvalue weighted by Crippen LogP contribution is 2.31. The monoisotopic (exact) mass is 479 g/mol. The fourth-order valence-electron chi connectivity index (χ4n) is 3.83. The summed E-state index contributed by atoms with van der Waals surface area (Å²) in [5.74, 6) is 1.17. The molecule has 3 aromatic carbocycles. The quantitative estimate of drug-likeness (QED) is 0.436. The molecule has 31 heavy (non-hydrogen) atoms. The molecule has 0 bridgehead atoms. The van der Waals surface area contributed by atoms with Gasteiger partial charge in [0.2, 0.25) is 5.62 Å². The first-order valence-corrected chi connectivity index (χ1v) is 9.90. The van der Waals surface area contributed by atoms with E-state index >= 15 is 0 Å². The molecule has 1 N–H and O–H groups in total. The molecule has 0 atom stereocenters. The lowest BCUT2D eigenvalue weighted by Gasteiger charge is -2.18. The Morgan fingerprint density at radius 3 is 2.23 bits per heavy atom. The molecule has 158 valence electrons. The number of benzene rings is 3. The molecule has 1 aromatic heterocycles. The third-order valence-corrected chi connectivity index (χ3v) is 5.32. The number of nitrogens with one attached hydrogen (secondary N) is 1. The second-order valence-electron chi connectivity index (χ2n) is 7.25. The lowest BCUT2D eigenvalue weighted by atomic mass is 10.1. The Morgan fingerprint density at radius 2 is 1.48 bits per heavy atom. The van der Waals surface area contributed by atoms with Crippen molar-refractivity contribution in [3.8, 4) is 11.5 Å². The van der Waals surface area contributed by atoms with Crippen LogP contribution >= 0.6 is 17.0 Å². The van der Waals surface area contributed by atoms with Gasteiger partial charge in [-0.3, -0.25) is 10.2 Å². The van der Waals surface area contributed by atoms with Crippen molar-refractivity contribution in [1.29, 1.82) is 5.41 Å². The van der Waals surface area contributed by atoms with Gasteiger partial charge in [-0.2, -0.15) is 0 Å². The van der Waals surface area contributed by atoms with Crippen LogP contribution in [-0.2, 0) is 13.1 Å². The van der Waals surface area contributed by atoms with Gasteiger partial charge < -0.3 is 18.6 Å².